The number of rotatable bonds is 6. The van der Waals surface area contributed by atoms with Crippen LogP contribution in [0.25, 0.3) is 0 Å². The number of amides is 1. The second kappa shape index (κ2) is 10.1. The highest BCUT2D eigenvalue weighted by Gasteiger charge is 2.43. The van der Waals surface area contributed by atoms with Crippen molar-refractivity contribution < 1.29 is 26.4 Å². The van der Waals surface area contributed by atoms with Crippen molar-refractivity contribution in [3.8, 4) is 0 Å². The lowest BCUT2D eigenvalue weighted by atomic mass is 9.99. The Kier molecular flexibility index (Phi) is 7.29. The number of para-hydroxylation sites is 1. The minimum atomic E-state index is -4.94. The van der Waals surface area contributed by atoms with Crippen LogP contribution >= 0.6 is 11.6 Å². The first-order valence-electron chi connectivity index (χ1n) is 11.1. The lowest BCUT2D eigenvalue weighted by molar-refractivity contribution is -0.186. The van der Waals surface area contributed by atoms with Crippen LogP contribution in [-0.4, -0.2) is 52.1 Å². The first-order chi connectivity index (χ1) is 17.4. The maximum Gasteiger partial charge on any atom is 0.471 e. The lowest BCUT2D eigenvalue weighted by Crippen LogP contribution is -2.43. The molecule has 1 amide bonds. The van der Waals surface area contributed by atoms with Gasteiger partial charge in [-0.05, 0) is 55.7 Å². The van der Waals surface area contributed by atoms with Crippen LogP contribution in [0.2, 0.25) is 5.02 Å². The van der Waals surface area contributed by atoms with Gasteiger partial charge in [-0.25, -0.2) is 18.4 Å². The molecule has 3 aromatic rings. The van der Waals surface area contributed by atoms with Gasteiger partial charge in [0, 0.05) is 13.1 Å². The van der Waals surface area contributed by atoms with Gasteiger partial charge in [0.25, 0.3) is 0 Å². The van der Waals surface area contributed by atoms with E-state index in [-0.39, 0.29) is 41.3 Å². The van der Waals surface area contributed by atoms with Crippen LogP contribution in [0.3, 0.4) is 0 Å². The predicted octanol–water partition coefficient (Wildman–Crippen LogP) is 4.64. The summed E-state index contributed by atoms with van der Waals surface area (Å²) in [5.41, 5.74) is 1.97. The van der Waals surface area contributed by atoms with E-state index in [0.717, 1.165) is 10.5 Å². The number of nitrogens with zero attached hydrogens (tertiary/aromatic N) is 4. The van der Waals surface area contributed by atoms with Crippen LogP contribution in [0.15, 0.2) is 47.6 Å². The zero-order chi connectivity index (χ0) is 27.0. The molecule has 0 atom stereocenters. The Morgan fingerprint density at radius 3 is 2.35 bits per heavy atom. The molecule has 14 heteroatoms. The molecule has 2 N–H and O–H groups in total. The van der Waals surface area contributed by atoms with E-state index in [4.69, 9.17) is 11.6 Å². The average molecular weight is 555 g/mol. The van der Waals surface area contributed by atoms with Gasteiger partial charge in [-0.2, -0.15) is 18.2 Å². The van der Waals surface area contributed by atoms with Crippen LogP contribution in [0, 0.1) is 0 Å². The molecule has 2 aromatic carbocycles. The molecule has 0 fully saturated rings. The molecule has 0 unspecified atom stereocenters. The van der Waals surface area contributed by atoms with Gasteiger partial charge in [-0.1, -0.05) is 23.7 Å². The summed E-state index contributed by atoms with van der Waals surface area (Å²) in [6, 6.07) is 9.57. The first kappa shape index (κ1) is 26.6. The number of sulfone groups is 1. The number of hydrogen-bond donors (Lipinski definition) is 2. The summed E-state index contributed by atoms with van der Waals surface area (Å²) in [4.78, 5) is 24.8. The molecule has 4 rings (SSSR count). The highest BCUT2D eigenvalue weighted by Crippen LogP contribution is 2.33. The fourth-order valence-electron chi connectivity index (χ4n) is 3.76. The van der Waals surface area contributed by atoms with Gasteiger partial charge in [-0.15, -0.1) is 0 Å². The molecule has 2 heterocycles. The largest absolute Gasteiger partial charge is 0.471 e. The average Bonchev–Trinajstić information content (AvgIpc) is 2.83. The van der Waals surface area contributed by atoms with E-state index in [1.807, 2.05) is 0 Å². The van der Waals surface area contributed by atoms with Crippen LogP contribution in [-0.2, 0) is 27.6 Å². The number of carbonyl (C=O) groups is 1. The number of halogens is 4. The smallest absolute Gasteiger partial charge is 0.330 e. The van der Waals surface area contributed by atoms with Gasteiger partial charge in [0.05, 0.1) is 26.5 Å². The maximum absolute atomic E-state index is 12.8. The SMILES string of the molecule is CC(C)S(=O)(=O)c1ccccc1Nc1ncnc(Nc2cc3c(cc2Cl)CN(C(=O)C(F)(F)F)CC3)n1. The van der Waals surface area contributed by atoms with Crippen molar-refractivity contribution in [1.82, 2.24) is 19.9 Å². The zero-order valence-electron chi connectivity index (χ0n) is 19.7. The molecule has 0 radical (unpaired) electrons. The summed E-state index contributed by atoms with van der Waals surface area (Å²) in [7, 11) is -3.57. The van der Waals surface area contributed by atoms with E-state index in [0.29, 0.717) is 16.9 Å². The third-order valence-corrected chi connectivity index (χ3v) is 8.23. The first-order valence-corrected chi connectivity index (χ1v) is 13.0. The summed E-state index contributed by atoms with van der Waals surface area (Å²) in [5.74, 6) is -1.70. The summed E-state index contributed by atoms with van der Waals surface area (Å²) in [5, 5.41) is 5.43. The van der Waals surface area contributed by atoms with E-state index in [2.05, 4.69) is 25.6 Å². The molecule has 1 aliphatic heterocycles. The maximum atomic E-state index is 12.8. The molecule has 1 aliphatic rings. The summed E-state index contributed by atoms with van der Waals surface area (Å²) in [6.07, 6.45) is -3.50. The van der Waals surface area contributed by atoms with E-state index < -0.39 is 27.2 Å². The van der Waals surface area contributed by atoms with Crippen molar-refractivity contribution in [2.75, 3.05) is 17.2 Å². The topological polar surface area (TPSA) is 117 Å². The van der Waals surface area contributed by atoms with Crippen molar-refractivity contribution in [1.29, 1.82) is 0 Å². The van der Waals surface area contributed by atoms with Gasteiger partial charge in [0.1, 0.15) is 6.33 Å². The molecular weight excluding hydrogens is 533 g/mol. The van der Waals surface area contributed by atoms with E-state index >= 15 is 0 Å². The minimum Gasteiger partial charge on any atom is -0.330 e. The monoisotopic (exact) mass is 554 g/mol. The van der Waals surface area contributed by atoms with Crippen LogP contribution in [0.5, 0.6) is 0 Å². The predicted molar refractivity (Wildman–Crippen MR) is 132 cm³/mol. The number of alkyl halides is 3. The normalized spacial score (nSPS) is 13.9. The molecule has 0 spiro atoms. The Morgan fingerprint density at radius 1 is 1.05 bits per heavy atom. The summed E-state index contributed by atoms with van der Waals surface area (Å²) in [6.45, 7) is 2.90. The van der Waals surface area contributed by atoms with Gasteiger partial charge in [0.2, 0.25) is 11.9 Å². The Labute approximate surface area is 216 Å². The van der Waals surface area contributed by atoms with Crippen molar-refractivity contribution in [2.24, 2.45) is 0 Å². The standard InChI is InChI=1S/C23H22ClF3N6O3S/c1-13(2)37(35,36)19-6-4-3-5-17(19)30-21-28-12-29-22(32-21)31-18-10-14-7-8-33(20(34)23(25,26)27)11-15(14)9-16(18)24/h3-6,9-10,12-13H,7-8,11H2,1-2H3,(H2,28,29,30,31,32). The molecule has 196 valence electrons. The van der Waals surface area contributed by atoms with Gasteiger partial charge in [0.15, 0.2) is 9.84 Å². The van der Waals surface area contributed by atoms with E-state index in [9.17, 15) is 26.4 Å². The van der Waals surface area contributed by atoms with Crippen molar-refractivity contribution in [3.63, 3.8) is 0 Å². The number of hydrogen-bond acceptors (Lipinski definition) is 8. The Morgan fingerprint density at radius 2 is 1.70 bits per heavy atom. The molecule has 37 heavy (non-hydrogen) atoms. The minimum absolute atomic E-state index is 0.0784. The zero-order valence-corrected chi connectivity index (χ0v) is 21.2. The molecule has 0 aliphatic carbocycles. The summed E-state index contributed by atoms with van der Waals surface area (Å²) >= 11 is 6.36. The van der Waals surface area contributed by atoms with Crippen molar-refractivity contribution in [2.45, 2.75) is 43.1 Å². The van der Waals surface area contributed by atoms with Crippen molar-refractivity contribution >= 4 is 50.6 Å². The number of anilines is 4. The Hall–Kier alpha value is -3.45. The molecule has 0 saturated heterocycles. The number of fused-ring (bicyclic) bond motifs is 1. The second-order valence-electron chi connectivity index (χ2n) is 8.55. The third kappa shape index (κ3) is 5.77. The van der Waals surface area contributed by atoms with E-state index in [1.165, 1.54) is 18.5 Å². The quantitative estimate of drug-likeness (QED) is 0.452. The van der Waals surface area contributed by atoms with Gasteiger partial charge in [-0.3, -0.25) is 4.79 Å². The molecule has 9 nitrogen and oxygen atoms in total. The Bertz CT molecular complexity index is 1450. The van der Waals surface area contributed by atoms with Crippen LogP contribution < -0.4 is 10.6 Å². The number of nitrogens with one attached hydrogen (secondary N) is 2. The van der Waals surface area contributed by atoms with E-state index in [1.54, 1.807) is 38.1 Å². The molecule has 0 saturated carbocycles. The van der Waals surface area contributed by atoms with Gasteiger partial charge < -0.3 is 15.5 Å². The third-order valence-electron chi connectivity index (χ3n) is 5.71. The second-order valence-corrected chi connectivity index (χ2v) is 11.4. The lowest BCUT2D eigenvalue weighted by Gasteiger charge is -2.30. The Balaban J connectivity index is 1.54. The fraction of sp³-hybridized carbons (Fsp3) is 0.304. The number of carbonyl (C=O) groups excluding carboxylic acids is 1. The molecule has 0 bridgehead atoms. The number of benzene rings is 2. The highest BCUT2D eigenvalue weighted by molar-refractivity contribution is 7.92. The fourth-order valence-corrected chi connectivity index (χ4v) is 5.19. The van der Waals surface area contributed by atoms with Crippen molar-refractivity contribution in [3.05, 3.63) is 58.9 Å². The van der Waals surface area contributed by atoms with Crippen LogP contribution in [0.4, 0.5) is 36.4 Å². The number of aromatic nitrogens is 3. The summed E-state index contributed by atoms with van der Waals surface area (Å²) < 4.78 is 63.8. The van der Waals surface area contributed by atoms with Gasteiger partial charge >= 0.3 is 12.1 Å². The highest BCUT2D eigenvalue weighted by atomic mass is 35.5. The molecule has 1 aromatic heterocycles. The van der Waals surface area contributed by atoms with Crippen LogP contribution in [0.1, 0.15) is 25.0 Å². The molecular formula is C23H22ClF3N6O3S.